The fraction of sp³-hybridized carbons (Fsp3) is 0.333. The van der Waals surface area contributed by atoms with Gasteiger partial charge in [0.15, 0.2) is 0 Å². The highest BCUT2D eigenvalue weighted by Gasteiger charge is 2.15. The highest BCUT2D eigenvalue weighted by molar-refractivity contribution is 7.89. The quantitative estimate of drug-likeness (QED) is 0.869. The standard InChI is InChI=1S/C9H10Cl3NO2S/c1-6(10)5-13-16(14,15)9-3-7(11)2-8(12)4-9/h2-4,6,13H,5H2,1H3. The van der Waals surface area contributed by atoms with E-state index in [4.69, 9.17) is 34.8 Å². The molecular formula is C9H10Cl3NO2S. The monoisotopic (exact) mass is 301 g/mol. The molecule has 0 aromatic heterocycles. The molecule has 90 valence electrons. The minimum Gasteiger partial charge on any atom is -0.210 e. The number of sulfonamides is 1. The number of hydrogen-bond donors (Lipinski definition) is 1. The molecule has 0 heterocycles. The highest BCUT2D eigenvalue weighted by atomic mass is 35.5. The lowest BCUT2D eigenvalue weighted by Gasteiger charge is -2.08. The van der Waals surface area contributed by atoms with Gasteiger partial charge in [-0.15, -0.1) is 11.6 Å². The first kappa shape index (κ1) is 14.1. The van der Waals surface area contributed by atoms with Crippen LogP contribution in [0.15, 0.2) is 23.1 Å². The van der Waals surface area contributed by atoms with Gasteiger partial charge < -0.3 is 0 Å². The predicted octanol–water partition coefficient (Wildman–Crippen LogP) is 2.90. The van der Waals surface area contributed by atoms with Crippen molar-refractivity contribution in [2.24, 2.45) is 0 Å². The molecule has 0 saturated heterocycles. The Kier molecular flexibility index (Phi) is 4.88. The van der Waals surface area contributed by atoms with E-state index in [1.807, 2.05) is 0 Å². The van der Waals surface area contributed by atoms with Gasteiger partial charge in [-0.25, -0.2) is 13.1 Å². The van der Waals surface area contributed by atoms with Crippen molar-refractivity contribution in [3.63, 3.8) is 0 Å². The first-order valence-corrected chi connectivity index (χ1v) is 7.08. The van der Waals surface area contributed by atoms with Gasteiger partial charge in [-0.3, -0.25) is 0 Å². The summed E-state index contributed by atoms with van der Waals surface area (Å²) in [6.07, 6.45) is 0. The molecule has 0 aliphatic carbocycles. The zero-order valence-corrected chi connectivity index (χ0v) is 11.5. The van der Waals surface area contributed by atoms with Gasteiger partial charge in [-0.2, -0.15) is 0 Å². The molecule has 0 fully saturated rings. The summed E-state index contributed by atoms with van der Waals surface area (Å²) in [5.41, 5.74) is 0. The number of nitrogens with one attached hydrogen (secondary N) is 1. The van der Waals surface area contributed by atoms with Gasteiger partial charge in [-0.1, -0.05) is 23.2 Å². The molecule has 1 unspecified atom stereocenters. The number of benzene rings is 1. The Bertz CT molecular complexity index is 453. The third-order valence-corrected chi connectivity index (χ3v) is 3.69. The maximum atomic E-state index is 11.8. The molecule has 1 atom stereocenters. The Morgan fingerprint density at radius 1 is 1.25 bits per heavy atom. The van der Waals surface area contributed by atoms with Crippen LogP contribution in [0.25, 0.3) is 0 Å². The van der Waals surface area contributed by atoms with Crippen LogP contribution in [0.2, 0.25) is 10.0 Å². The number of halogens is 3. The lowest BCUT2D eigenvalue weighted by Crippen LogP contribution is -2.28. The molecule has 0 bridgehead atoms. The Morgan fingerprint density at radius 3 is 2.19 bits per heavy atom. The van der Waals surface area contributed by atoms with E-state index >= 15 is 0 Å². The van der Waals surface area contributed by atoms with Crippen molar-refractivity contribution in [1.82, 2.24) is 4.72 Å². The first-order valence-electron chi connectivity index (χ1n) is 4.41. The summed E-state index contributed by atoms with van der Waals surface area (Å²) in [6, 6.07) is 4.12. The van der Waals surface area contributed by atoms with Crippen LogP contribution in [0.4, 0.5) is 0 Å². The van der Waals surface area contributed by atoms with Crippen LogP contribution in [0.3, 0.4) is 0 Å². The molecule has 0 saturated carbocycles. The molecular weight excluding hydrogens is 293 g/mol. The van der Waals surface area contributed by atoms with Gasteiger partial charge in [-0.05, 0) is 25.1 Å². The zero-order valence-electron chi connectivity index (χ0n) is 8.38. The highest BCUT2D eigenvalue weighted by Crippen LogP contribution is 2.22. The molecule has 1 N–H and O–H groups in total. The second kappa shape index (κ2) is 5.56. The van der Waals surface area contributed by atoms with Crippen molar-refractivity contribution in [3.05, 3.63) is 28.2 Å². The largest absolute Gasteiger partial charge is 0.240 e. The predicted molar refractivity (Wildman–Crippen MR) is 67.0 cm³/mol. The van der Waals surface area contributed by atoms with Gasteiger partial charge in [0.05, 0.1) is 4.90 Å². The molecule has 0 spiro atoms. The summed E-state index contributed by atoms with van der Waals surface area (Å²) in [7, 11) is -3.60. The van der Waals surface area contributed by atoms with Gasteiger partial charge in [0.2, 0.25) is 10.0 Å². The van der Waals surface area contributed by atoms with E-state index in [0.717, 1.165) is 0 Å². The average molecular weight is 303 g/mol. The number of rotatable bonds is 4. The van der Waals surface area contributed by atoms with Crippen molar-refractivity contribution in [3.8, 4) is 0 Å². The number of hydrogen-bond acceptors (Lipinski definition) is 2. The molecule has 1 aromatic rings. The number of alkyl halides is 1. The van der Waals surface area contributed by atoms with Crippen LogP contribution < -0.4 is 4.72 Å². The topological polar surface area (TPSA) is 46.2 Å². The molecule has 1 aromatic carbocycles. The van der Waals surface area contributed by atoms with Gasteiger partial charge >= 0.3 is 0 Å². The Balaban J connectivity index is 2.98. The van der Waals surface area contributed by atoms with E-state index in [0.29, 0.717) is 0 Å². The average Bonchev–Trinajstić information content (AvgIpc) is 2.13. The van der Waals surface area contributed by atoms with Crippen molar-refractivity contribution in [1.29, 1.82) is 0 Å². The second-order valence-electron chi connectivity index (χ2n) is 3.24. The maximum absolute atomic E-state index is 11.8. The first-order chi connectivity index (χ1) is 7.31. The van der Waals surface area contributed by atoms with Crippen molar-refractivity contribution < 1.29 is 8.42 Å². The maximum Gasteiger partial charge on any atom is 0.240 e. The SMILES string of the molecule is CC(Cl)CNS(=O)(=O)c1cc(Cl)cc(Cl)c1. The third kappa shape index (κ3) is 4.11. The van der Waals surface area contributed by atoms with Crippen LogP contribution in [0.1, 0.15) is 6.92 Å². The summed E-state index contributed by atoms with van der Waals surface area (Å²) in [5.74, 6) is 0. The van der Waals surface area contributed by atoms with E-state index in [1.165, 1.54) is 18.2 Å². The van der Waals surface area contributed by atoms with E-state index in [2.05, 4.69) is 4.72 Å². The molecule has 3 nitrogen and oxygen atoms in total. The van der Waals surface area contributed by atoms with Gasteiger partial charge in [0, 0.05) is 22.0 Å². The Labute approximate surface area is 110 Å². The summed E-state index contributed by atoms with van der Waals surface area (Å²) < 4.78 is 25.9. The normalized spacial score (nSPS) is 13.8. The van der Waals surface area contributed by atoms with Gasteiger partial charge in [0.25, 0.3) is 0 Å². The Hall–Kier alpha value is -0.000000000000000111. The minimum atomic E-state index is -3.60. The van der Waals surface area contributed by atoms with Crippen LogP contribution in [0.5, 0.6) is 0 Å². The van der Waals surface area contributed by atoms with E-state index in [1.54, 1.807) is 6.92 Å². The van der Waals surface area contributed by atoms with Gasteiger partial charge in [0.1, 0.15) is 0 Å². The molecule has 1 rings (SSSR count). The minimum absolute atomic E-state index is 0.0299. The molecule has 7 heteroatoms. The Morgan fingerprint density at radius 2 is 1.75 bits per heavy atom. The summed E-state index contributed by atoms with van der Waals surface area (Å²) in [6.45, 7) is 1.84. The fourth-order valence-corrected chi connectivity index (χ4v) is 3.02. The zero-order chi connectivity index (χ0) is 12.3. The third-order valence-electron chi connectivity index (χ3n) is 1.70. The van der Waals surface area contributed by atoms with Crippen molar-refractivity contribution in [2.45, 2.75) is 17.2 Å². The second-order valence-corrected chi connectivity index (χ2v) is 6.62. The molecule has 0 aliphatic heterocycles. The van der Waals surface area contributed by atoms with Crippen molar-refractivity contribution >= 4 is 44.8 Å². The molecule has 0 radical (unpaired) electrons. The van der Waals surface area contributed by atoms with E-state index < -0.39 is 10.0 Å². The summed E-state index contributed by atoms with van der Waals surface area (Å²) >= 11 is 17.1. The van der Waals surface area contributed by atoms with Crippen LogP contribution in [-0.4, -0.2) is 20.3 Å². The fourth-order valence-electron chi connectivity index (χ4n) is 0.992. The van der Waals surface area contributed by atoms with E-state index in [-0.39, 0.29) is 26.9 Å². The lowest BCUT2D eigenvalue weighted by molar-refractivity contribution is 0.581. The van der Waals surface area contributed by atoms with Crippen LogP contribution in [0, 0.1) is 0 Å². The smallest absolute Gasteiger partial charge is 0.210 e. The lowest BCUT2D eigenvalue weighted by atomic mass is 10.4. The molecule has 0 aliphatic rings. The summed E-state index contributed by atoms with van der Waals surface area (Å²) in [5, 5.41) is 0.253. The molecule has 0 amide bonds. The molecule has 16 heavy (non-hydrogen) atoms. The summed E-state index contributed by atoms with van der Waals surface area (Å²) in [4.78, 5) is 0.0299. The van der Waals surface area contributed by atoms with Crippen molar-refractivity contribution in [2.75, 3.05) is 6.54 Å². The van der Waals surface area contributed by atoms with Crippen LogP contribution in [-0.2, 0) is 10.0 Å². The van der Waals surface area contributed by atoms with Crippen LogP contribution >= 0.6 is 34.8 Å². The van der Waals surface area contributed by atoms with E-state index in [9.17, 15) is 8.42 Å².